The number of allylic oxidation sites excluding steroid dienone is 4. The number of aromatic nitrogens is 1. The molecule has 49 heavy (non-hydrogen) atoms. The lowest BCUT2D eigenvalue weighted by Gasteiger charge is -2.13. The molecule has 0 N–H and O–H groups in total. The molecule has 0 saturated carbocycles. The summed E-state index contributed by atoms with van der Waals surface area (Å²) in [6.07, 6.45) is -5.06. The van der Waals surface area contributed by atoms with Crippen LogP contribution in [0.3, 0.4) is 0 Å². The summed E-state index contributed by atoms with van der Waals surface area (Å²) in [5.41, 5.74) is -0.969. The molecule has 0 amide bonds. The summed E-state index contributed by atoms with van der Waals surface area (Å²) in [7, 11) is 0. The van der Waals surface area contributed by atoms with E-state index in [9.17, 15) is 41.3 Å². The van der Waals surface area contributed by atoms with Crippen molar-refractivity contribution in [3.05, 3.63) is 151 Å². The molecule has 1 aromatic heterocycles. The minimum Gasteiger partial charge on any atom is -0.406 e. The van der Waals surface area contributed by atoms with Gasteiger partial charge in [0.1, 0.15) is 11.4 Å². The van der Waals surface area contributed by atoms with Crippen molar-refractivity contribution in [2.45, 2.75) is 6.36 Å². The zero-order valence-corrected chi connectivity index (χ0v) is 23.9. The van der Waals surface area contributed by atoms with Gasteiger partial charge in [-0.3, -0.25) is 0 Å². The molecule has 0 saturated heterocycles. The van der Waals surface area contributed by atoms with Gasteiger partial charge in [0.15, 0.2) is 5.82 Å². The SMILES string of the molecule is [C-]#[N+]C1=C(c2ccc3c(c2)/C(=C(\C#N)[N+]#[C-])c2cc(-c4nc(F)c(F)c(F)c4F)ccc2-3)/C(=C(/C#N)[N+]#[C-])c2cc(OC(F)(F)F)ccc21. The molecule has 0 radical (unpaired) electrons. The average molecular weight is 662 g/mol. The molecular weight excluding hydrogens is 653 g/mol. The second-order valence-electron chi connectivity index (χ2n) is 10.2. The summed E-state index contributed by atoms with van der Waals surface area (Å²) in [6, 6.07) is 14.9. The van der Waals surface area contributed by atoms with Gasteiger partial charge in [0.25, 0.3) is 17.3 Å². The second kappa shape index (κ2) is 11.5. The van der Waals surface area contributed by atoms with E-state index >= 15 is 0 Å². The molecule has 0 bridgehead atoms. The molecule has 7 nitrogen and oxygen atoms in total. The fourth-order valence-corrected chi connectivity index (χ4v) is 5.79. The lowest BCUT2D eigenvalue weighted by molar-refractivity contribution is -0.274. The molecule has 0 spiro atoms. The molecule has 2 aliphatic carbocycles. The van der Waals surface area contributed by atoms with Crippen molar-refractivity contribution in [3.8, 4) is 40.3 Å². The molecule has 3 aromatic carbocycles. The third-order valence-corrected chi connectivity index (χ3v) is 7.67. The standard InChI is InChI=1S/C35H9F7N6O/c1-45-24(13-43)27-21-10-15(4-7-18(21)19-8-5-16(11-22(19)27)32-30(37)29(36)31(38)34(39)48-32)26-28(25(14-44)46-2)23-12-17(49-35(40,41)42)6-9-20(23)33(26)47-3/h4-12H/b27-24-,28-25-. The number of rotatable bonds is 3. The van der Waals surface area contributed by atoms with Crippen molar-refractivity contribution in [2.75, 3.05) is 0 Å². The predicted molar refractivity (Wildman–Crippen MR) is 159 cm³/mol. The number of alkyl halides is 3. The van der Waals surface area contributed by atoms with Crippen LogP contribution in [0.4, 0.5) is 30.7 Å². The van der Waals surface area contributed by atoms with Gasteiger partial charge in [-0.1, -0.05) is 30.3 Å². The van der Waals surface area contributed by atoms with E-state index in [0.717, 1.165) is 12.1 Å². The molecule has 4 aromatic rings. The second-order valence-corrected chi connectivity index (χ2v) is 10.2. The van der Waals surface area contributed by atoms with Crippen LogP contribution in [-0.2, 0) is 0 Å². The molecule has 0 fully saturated rings. The third kappa shape index (κ3) is 5.00. The number of nitrogens with zero attached hydrogens (tertiary/aromatic N) is 6. The van der Waals surface area contributed by atoms with Gasteiger partial charge in [0.05, 0.1) is 31.9 Å². The Morgan fingerprint density at radius 3 is 1.80 bits per heavy atom. The van der Waals surface area contributed by atoms with Crippen LogP contribution < -0.4 is 4.74 Å². The summed E-state index contributed by atoms with van der Waals surface area (Å²) in [4.78, 5) is 13.3. The molecule has 1 heterocycles. The summed E-state index contributed by atoms with van der Waals surface area (Å²) >= 11 is 0. The smallest absolute Gasteiger partial charge is 0.406 e. The highest BCUT2D eigenvalue weighted by molar-refractivity contribution is 6.24. The van der Waals surface area contributed by atoms with E-state index in [0.29, 0.717) is 11.1 Å². The fraction of sp³-hybridized carbons (Fsp3) is 0.0286. The molecule has 234 valence electrons. The van der Waals surface area contributed by atoms with Crippen molar-refractivity contribution in [3.63, 3.8) is 0 Å². The van der Waals surface area contributed by atoms with Crippen LogP contribution in [0.5, 0.6) is 5.75 Å². The summed E-state index contributed by atoms with van der Waals surface area (Å²) < 4.78 is 99.6. The summed E-state index contributed by atoms with van der Waals surface area (Å²) in [5, 5.41) is 19.7. The summed E-state index contributed by atoms with van der Waals surface area (Å²) in [6.45, 7) is 23.1. The summed E-state index contributed by atoms with van der Waals surface area (Å²) in [5.74, 6) is -8.53. The Hall–Kier alpha value is -7.21. The van der Waals surface area contributed by atoms with Crippen molar-refractivity contribution < 1.29 is 35.5 Å². The van der Waals surface area contributed by atoms with Gasteiger partial charge in [0.2, 0.25) is 17.3 Å². The number of halogens is 7. The van der Waals surface area contributed by atoms with Crippen LogP contribution in [0.25, 0.3) is 59.3 Å². The molecule has 0 unspecified atom stereocenters. The largest absolute Gasteiger partial charge is 0.573 e. The number of benzene rings is 3. The highest BCUT2D eigenvalue weighted by atomic mass is 19.4. The highest BCUT2D eigenvalue weighted by Crippen LogP contribution is 2.53. The minimum absolute atomic E-state index is 0.00496. The van der Waals surface area contributed by atoms with Crippen molar-refractivity contribution in [1.82, 2.24) is 4.98 Å². The van der Waals surface area contributed by atoms with E-state index in [-0.39, 0.29) is 55.8 Å². The topological polar surface area (TPSA) is 82.8 Å². The Kier molecular flexibility index (Phi) is 7.48. The van der Waals surface area contributed by atoms with Crippen molar-refractivity contribution in [2.24, 2.45) is 0 Å². The number of hydrogen-bond donors (Lipinski definition) is 0. The van der Waals surface area contributed by atoms with Gasteiger partial charge in [-0.2, -0.15) is 8.78 Å². The Morgan fingerprint density at radius 1 is 0.673 bits per heavy atom. The Bertz CT molecular complexity index is 2480. The first kappa shape index (κ1) is 31.8. The number of nitriles is 2. The number of ether oxygens (including phenoxy) is 1. The van der Waals surface area contributed by atoms with Crippen molar-refractivity contribution >= 4 is 22.4 Å². The average Bonchev–Trinajstić information content (AvgIpc) is 3.57. The Labute approximate surface area is 271 Å². The monoisotopic (exact) mass is 662 g/mol. The van der Waals surface area contributed by atoms with Crippen molar-refractivity contribution in [1.29, 1.82) is 10.5 Å². The molecule has 14 heteroatoms. The molecule has 6 rings (SSSR count). The van der Waals surface area contributed by atoms with Gasteiger partial charge < -0.3 is 4.74 Å². The maximum Gasteiger partial charge on any atom is 0.573 e. The van der Waals surface area contributed by atoms with Gasteiger partial charge in [-0.15, -0.1) is 13.2 Å². The number of pyridine rings is 1. The van der Waals surface area contributed by atoms with Gasteiger partial charge in [-0.05, 0) is 74.4 Å². The molecule has 2 aliphatic rings. The van der Waals surface area contributed by atoms with Crippen LogP contribution in [0.15, 0.2) is 66.0 Å². The highest BCUT2D eigenvalue weighted by Gasteiger charge is 2.36. The predicted octanol–water partition coefficient (Wildman–Crippen LogP) is 9.34. The Balaban J connectivity index is 1.58. The van der Waals surface area contributed by atoms with E-state index in [2.05, 4.69) is 24.3 Å². The zero-order chi connectivity index (χ0) is 35.4. The van der Waals surface area contributed by atoms with Crippen LogP contribution in [-0.4, -0.2) is 11.3 Å². The minimum atomic E-state index is -5.06. The Morgan fingerprint density at radius 2 is 1.22 bits per heavy atom. The number of fused-ring (bicyclic) bond motifs is 4. The first-order valence-electron chi connectivity index (χ1n) is 13.4. The van der Waals surface area contributed by atoms with Gasteiger partial charge in [0, 0.05) is 11.1 Å². The first-order valence-corrected chi connectivity index (χ1v) is 13.4. The van der Waals surface area contributed by atoms with Crippen LogP contribution in [0.2, 0.25) is 0 Å². The third-order valence-electron chi connectivity index (χ3n) is 7.67. The van der Waals surface area contributed by atoms with E-state index in [1.165, 1.54) is 42.5 Å². The van der Waals surface area contributed by atoms with Crippen LogP contribution in [0, 0.1) is 65.8 Å². The van der Waals surface area contributed by atoms with Gasteiger partial charge >= 0.3 is 6.36 Å². The van der Waals surface area contributed by atoms with Crippen LogP contribution >= 0.6 is 0 Å². The maximum atomic E-state index is 14.7. The van der Waals surface area contributed by atoms with E-state index in [1.807, 2.05) is 0 Å². The fourth-order valence-electron chi connectivity index (χ4n) is 5.79. The quantitative estimate of drug-likeness (QED) is 0.0835. The number of hydrogen-bond acceptors (Lipinski definition) is 4. The molecule has 0 aliphatic heterocycles. The van der Waals surface area contributed by atoms with Gasteiger partial charge in [-0.25, -0.2) is 38.8 Å². The van der Waals surface area contributed by atoms with E-state index in [4.69, 9.17) is 19.7 Å². The first-order chi connectivity index (χ1) is 23.4. The lowest BCUT2D eigenvalue weighted by atomic mass is 9.92. The van der Waals surface area contributed by atoms with Crippen LogP contribution in [0.1, 0.15) is 27.8 Å². The van der Waals surface area contributed by atoms with E-state index < -0.39 is 52.6 Å². The zero-order valence-electron chi connectivity index (χ0n) is 23.9. The maximum absolute atomic E-state index is 14.7. The molecule has 0 atom stereocenters. The van der Waals surface area contributed by atoms with E-state index in [1.54, 1.807) is 12.1 Å². The lowest BCUT2D eigenvalue weighted by Crippen LogP contribution is -2.17. The normalized spacial score (nSPS) is 14.7. The molecular formula is C35H9F7N6O.